The van der Waals surface area contributed by atoms with Crippen molar-refractivity contribution in [2.24, 2.45) is 0 Å². The Morgan fingerprint density at radius 3 is 2.78 bits per heavy atom. The van der Waals surface area contributed by atoms with Gasteiger partial charge in [-0.2, -0.15) is 0 Å². The molecule has 1 rings (SSSR count). The van der Waals surface area contributed by atoms with Crippen LogP contribution in [0.2, 0.25) is 0 Å². The van der Waals surface area contributed by atoms with Crippen LogP contribution in [0.4, 0.5) is 11.4 Å². The van der Waals surface area contributed by atoms with Gasteiger partial charge < -0.3 is 21.5 Å². The second-order valence-electron chi connectivity index (χ2n) is 4.07. The summed E-state index contributed by atoms with van der Waals surface area (Å²) in [5.41, 5.74) is 12.7. The van der Waals surface area contributed by atoms with E-state index in [4.69, 9.17) is 16.2 Å². The van der Waals surface area contributed by atoms with Crippen molar-refractivity contribution >= 4 is 17.3 Å². The summed E-state index contributed by atoms with van der Waals surface area (Å²) in [5, 5.41) is 2.75. The lowest BCUT2D eigenvalue weighted by Crippen LogP contribution is -2.28. The summed E-state index contributed by atoms with van der Waals surface area (Å²) in [4.78, 5) is 11.8. The highest BCUT2D eigenvalue weighted by molar-refractivity contribution is 5.99. The fourth-order valence-corrected chi connectivity index (χ4v) is 1.47. The summed E-state index contributed by atoms with van der Waals surface area (Å²) in [5.74, 6) is -0.202. The van der Waals surface area contributed by atoms with Crippen molar-refractivity contribution in [1.82, 2.24) is 5.32 Å². The monoisotopic (exact) mass is 251 g/mol. The van der Waals surface area contributed by atoms with Gasteiger partial charge in [-0.05, 0) is 24.6 Å². The van der Waals surface area contributed by atoms with Gasteiger partial charge in [-0.1, -0.05) is 13.3 Å². The average molecular weight is 251 g/mol. The standard InChI is InChI=1S/C13H21N3O2/c1-2-3-7-18-8-6-16-13(17)11-5-4-10(14)9-12(11)15/h4-5,9H,2-3,6-8,14-15H2,1H3,(H,16,17). The number of rotatable bonds is 7. The van der Waals surface area contributed by atoms with Crippen molar-refractivity contribution in [1.29, 1.82) is 0 Å². The van der Waals surface area contributed by atoms with Crippen molar-refractivity contribution in [3.05, 3.63) is 23.8 Å². The number of nitrogen functional groups attached to an aromatic ring is 2. The molecule has 18 heavy (non-hydrogen) atoms. The maximum atomic E-state index is 11.8. The molecule has 0 saturated heterocycles. The van der Waals surface area contributed by atoms with Crippen molar-refractivity contribution < 1.29 is 9.53 Å². The quantitative estimate of drug-likeness (QED) is 0.504. The van der Waals surface area contributed by atoms with Crippen LogP contribution in [0.1, 0.15) is 30.1 Å². The molecule has 0 unspecified atom stereocenters. The first kappa shape index (κ1) is 14.3. The molecule has 0 aliphatic heterocycles. The van der Waals surface area contributed by atoms with Crippen LogP contribution in [0, 0.1) is 0 Å². The normalized spacial score (nSPS) is 10.3. The number of hydrogen-bond donors (Lipinski definition) is 3. The number of carbonyl (C=O) groups excluding carboxylic acids is 1. The third kappa shape index (κ3) is 4.63. The molecular formula is C13H21N3O2. The molecule has 0 aliphatic carbocycles. The summed E-state index contributed by atoms with van der Waals surface area (Å²) in [6.45, 7) is 3.83. The van der Waals surface area contributed by atoms with Gasteiger partial charge in [-0.25, -0.2) is 0 Å². The van der Waals surface area contributed by atoms with Crippen LogP contribution in [-0.4, -0.2) is 25.7 Å². The summed E-state index contributed by atoms with van der Waals surface area (Å²) in [6.07, 6.45) is 2.15. The van der Waals surface area contributed by atoms with Crippen LogP contribution in [0.5, 0.6) is 0 Å². The Balaban J connectivity index is 2.32. The minimum Gasteiger partial charge on any atom is -0.399 e. The Labute approximate surface area is 107 Å². The van der Waals surface area contributed by atoms with Crippen LogP contribution < -0.4 is 16.8 Å². The summed E-state index contributed by atoms with van der Waals surface area (Å²) >= 11 is 0. The van der Waals surface area contributed by atoms with E-state index in [0.717, 1.165) is 19.4 Å². The third-order valence-electron chi connectivity index (χ3n) is 2.49. The van der Waals surface area contributed by atoms with Gasteiger partial charge in [0, 0.05) is 24.5 Å². The molecule has 1 amide bonds. The Morgan fingerprint density at radius 1 is 1.33 bits per heavy atom. The van der Waals surface area contributed by atoms with E-state index < -0.39 is 0 Å². The largest absolute Gasteiger partial charge is 0.399 e. The van der Waals surface area contributed by atoms with Crippen molar-refractivity contribution in [2.75, 3.05) is 31.2 Å². The lowest BCUT2D eigenvalue weighted by Gasteiger charge is -2.08. The van der Waals surface area contributed by atoms with E-state index in [1.54, 1.807) is 18.2 Å². The number of carbonyl (C=O) groups is 1. The van der Waals surface area contributed by atoms with Crippen LogP contribution in [0.3, 0.4) is 0 Å². The Kier molecular flexibility index (Phi) is 6.00. The van der Waals surface area contributed by atoms with Gasteiger partial charge in [-0.15, -0.1) is 0 Å². The fourth-order valence-electron chi connectivity index (χ4n) is 1.47. The minimum atomic E-state index is -0.202. The van der Waals surface area contributed by atoms with Crippen LogP contribution in [0.25, 0.3) is 0 Å². The zero-order chi connectivity index (χ0) is 13.4. The number of nitrogens with one attached hydrogen (secondary N) is 1. The van der Waals surface area contributed by atoms with Crippen molar-refractivity contribution in [3.63, 3.8) is 0 Å². The van der Waals surface area contributed by atoms with Gasteiger partial charge in [-0.3, -0.25) is 4.79 Å². The number of benzene rings is 1. The van der Waals surface area contributed by atoms with E-state index in [-0.39, 0.29) is 5.91 Å². The zero-order valence-corrected chi connectivity index (χ0v) is 10.7. The molecule has 0 radical (unpaired) electrons. The predicted octanol–water partition coefficient (Wildman–Crippen LogP) is 1.40. The van der Waals surface area contributed by atoms with Crippen molar-refractivity contribution in [2.45, 2.75) is 19.8 Å². The number of ether oxygens (including phenoxy) is 1. The molecule has 0 aromatic heterocycles. The second-order valence-corrected chi connectivity index (χ2v) is 4.07. The highest BCUT2D eigenvalue weighted by Crippen LogP contribution is 2.15. The second kappa shape index (κ2) is 7.55. The smallest absolute Gasteiger partial charge is 0.253 e. The summed E-state index contributed by atoms with van der Waals surface area (Å²) in [7, 11) is 0. The molecule has 5 nitrogen and oxygen atoms in total. The molecule has 5 N–H and O–H groups in total. The molecule has 0 fully saturated rings. The van der Waals surface area contributed by atoms with E-state index in [0.29, 0.717) is 30.1 Å². The van der Waals surface area contributed by atoms with Crippen LogP contribution in [-0.2, 0) is 4.74 Å². The summed E-state index contributed by atoms with van der Waals surface area (Å²) < 4.78 is 5.34. The first-order valence-corrected chi connectivity index (χ1v) is 6.16. The lowest BCUT2D eigenvalue weighted by molar-refractivity contribution is 0.0913. The molecule has 1 aromatic rings. The number of unbranched alkanes of at least 4 members (excludes halogenated alkanes) is 1. The maximum absolute atomic E-state index is 11.8. The number of hydrogen-bond acceptors (Lipinski definition) is 4. The Morgan fingerprint density at radius 2 is 2.11 bits per heavy atom. The van der Waals surface area contributed by atoms with E-state index in [9.17, 15) is 4.79 Å². The number of anilines is 2. The highest BCUT2D eigenvalue weighted by Gasteiger charge is 2.08. The molecule has 100 valence electrons. The number of nitrogens with two attached hydrogens (primary N) is 2. The van der Waals surface area contributed by atoms with Gasteiger partial charge in [0.05, 0.1) is 12.2 Å². The average Bonchev–Trinajstić information content (AvgIpc) is 2.33. The minimum absolute atomic E-state index is 0.202. The van der Waals surface area contributed by atoms with E-state index in [1.807, 2.05) is 0 Å². The van der Waals surface area contributed by atoms with E-state index in [2.05, 4.69) is 12.2 Å². The molecule has 0 atom stereocenters. The zero-order valence-electron chi connectivity index (χ0n) is 10.7. The van der Waals surface area contributed by atoms with Crippen LogP contribution >= 0.6 is 0 Å². The van der Waals surface area contributed by atoms with Gasteiger partial charge in [0.1, 0.15) is 0 Å². The highest BCUT2D eigenvalue weighted by atomic mass is 16.5. The topological polar surface area (TPSA) is 90.4 Å². The van der Waals surface area contributed by atoms with E-state index >= 15 is 0 Å². The van der Waals surface area contributed by atoms with E-state index in [1.165, 1.54) is 0 Å². The van der Waals surface area contributed by atoms with Gasteiger partial charge in [0.25, 0.3) is 5.91 Å². The molecule has 0 aliphatic rings. The third-order valence-corrected chi connectivity index (χ3v) is 2.49. The molecule has 1 aromatic carbocycles. The number of amides is 1. The van der Waals surface area contributed by atoms with Gasteiger partial charge in [0.15, 0.2) is 0 Å². The fraction of sp³-hybridized carbons (Fsp3) is 0.462. The van der Waals surface area contributed by atoms with Crippen LogP contribution in [0.15, 0.2) is 18.2 Å². The Hall–Kier alpha value is -1.75. The molecule has 0 bridgehead atoms. The molecule has 5 heteroatoms. The first-order valence-electron chi connectivity index (χ1n) is 6.16. The molecule has 0 saturated carbocycles. The maximum Gasteiger partial charge on any atom is 0.253 e. The van der Waals surface area contributed by atoms with Crippen molar-refractivity contribution in [3.8, 4) is 0 Å². The molecule has 0 spiro atoms. The summed E-state index contributed by atoms with van der Waals surface area (Å²) in [6, 6.07) is 4.85. The lowest BCUT2D eigenvalue weighted by atomic mass is 10.1. The molecule has 0 heterocycles. The predicted molar refractivity (Wildman–Crippen MR) is 73.3 cm³/mol. The van der Waals surface area contributed by atoms with Gasteiger partial charge >= 0.3 is 0 Å². The molecular weight excluding hydrogens is 230 g/mol. The first-order chi connectivity index (χ1) is 8.65. The Bertz CT molecular complexity index is 394. The SMILES string of the molecule is CCCCOCCNC(=O)c1ccc(N)cc1N. The van der Waals surface area contributed by atoms with Gasteiger partial charge in [0.2, 0.25) is 0 Å².